The third-order valence-electron chi connectivity index (χ3n) is 1.69. The first kappa shape index (κ1) is 13.1. The quantitative estimate of drug-likeness (QED) is 0.530. The fourth-order valence-corrected chi connectivity index (χ4v) is 1.44. The largest absolute Gasteiger partial charge is 0.185 e. The minimum atomic E-state index is 0.532. The molecule has 2 heteroatoms. The Labute approximate surface area is 91.1 Å². The van der Waals surface area contributed by atoms with E-state index in [0.29, 0.717) is 5.92 Å². The van der Waals surface area contributed by atoms with E-state index in [9.17, 15) is 0 Å². The summed E-state index contributed by atoms with van der Waals surface area (Å²) >= 11 is 1.21. The summed E-state index contributed by atoms with van der Waals surface area (Å²) in [5.41, 5.74) is 1.29. The Morgan fingerprint density at radius 3 is 2.43 bits per heavy atom. The van der Waals surface area contributed by atoms with E-state index in [1.807, 2.05) is 26.0 Å². The van der Waals surface area contributed by atoms with Crippen LogP contribution >= 0.6 is 11.8 Å². The summed E-state index contributed by atoms with van der Waals surface area (Å²) in [5, 5.41) is 10.5. The Hall–Kier alpha value is -0.940. The molecule has 1 nitrogen and oxygen atoms in total. The number of thiocyanates is 1. The van der Waals surface area contributed by atoms with Crippen LogP contribution in [0.15, 0.2) is 29.2 Å². The van der Waals surface area contributed by atoms with Crippen molar-refractivity contribution in [2.24, 2.45) is 0 Å². The molecule has 0 aliphatic heterocycles. The molecule has 0 atom stereocenters. The fraction of sp³-hybridized carbons (Fsp3) is 0.417. The second-order valence-electron chi connectivity index (χ2n) is 2.92. The SMILES string of the molecule is CC.CC(C)c1cccc(SC#N)c1. The molecule has 0 fully saturated rings. The predicted molar refractivity (Wildman–Crippen MR) is 63.3 cm³/mol. The Morgan fingerprint density at radius 1 is 1.29 bits per heavy atom. The molecule has 0 radical (unpaired) electrons. The lowest BCUT2D eigenvalue weighted by Gasteiger charge is -2.04. The van der Waals surface area contributed by atoms with Crippen LogP contribution in [0.5, 0.6) is 0 Å². The maximum absolute atomic E-state index is 8.46. The van der Waals surface area contributed by atoms with Gasteiger partial charge in [0.2, 0.25) is 0 Å². The van der Waals surface area contributed by atoms with Crippen LogP contribution in [-0.2, 0) is 0 Å². The third kappa shape index (κ3) is 4.34. The summed E-state index contributed by atoms with van der Waals surface area (Å²) in [6.45, 7) is 8.30. The normalized spacial score (nSPS) is 8.86. The first-order valence-corrected chi connectivity index (χ1v) is 5.71. The summed E-state index contributed by atoms with van der Waals surface area (Å²) in [6.07, 6.45) is 0. The molecule has 0 amide bonds. The van der Waals surface area contributed by atoms with Crippen LogP contribution in [0.3, 0.4) is 0 Å². The molecule has 0 spiro atoms. The van der Waals surface area contributed by atoms with Crippen LogP contribution in [0.1, 0.15) is 39.2 Å². The molecule has 14 heavy (non-hydrogen) atoms. The van der Waals surface area contributed by atoms with Gasteiger partial charge in [0.05, 0.1) is 0 Å². The molecule has 0 unspecified atom stereocenters. The van der Waals surface area contributed by atoms with Crippen LogP contribution in [0, 0.1) is 10.7 Å². The maximum Gasteiger partial charge on any atom is 0.138 e. The van der Waals surface area contributed by atoms with Crippen LogP contribution < -0.4 is 0 Å². The number of hydrogen-bond acceptors (Lipinski definition) is 2. The number of thioether (sulfide) groups is 1. The summed E-state index contributed by atoms with van der Waals surface area (Å²) in [7, 11) is 0. The second-order valence-corrected chi connectivity index (χ2v) is 3.78. The fourth-order valence-electron chi connectivity index (χ4n) is 0.990. The number of benzene rings is 1. The van der Waals surface area contributed by atoms with E-state index < -0.39 is 0 Å². The van der Waals surface area contributed by atoms with Crippen LogP contribution in [-0.4, -0.2) is 0 Å². The van der Waals surface area contributed by atoms with Gasteiger partial charge in [0.15, 0.2) is 0 Å². The van der Waals surface area contributed by atoms with E-state index in [0.717, 1.165) is 4.90 Å². The Morgan fingerprint density at radius 2 is 1.93 bits per heavy atom. The highest BCUT2D eigenvalue weighted by atomic mass is 32.2. The molecule has 1 aromatic rings. The predicted octanol–water partition coefficient (Wildman–Crippen LogP) is 4.41. The van der Waals surface area contributed by atoms with E-state index in [-0.39, 0.29) is 0 Å². The highest BCUT2D eigenvalue weighted by Gasteiger charge is 1.99. The first-order chi connectivity index (χ1) is 6.74. The van der Waals surface area contributed by atoms with Crippen molar-refractivity contribution in [3.8, 4) is 5.40 Å². The Kier molecular flexibility index (Phi) is 6.96. The van der Waals surface area contributed by atoms with Gasteiger partial charge in [0, 0.05) is 4.90 Å². The van der Waals surface area contributed by atoms with Crippen LogP contribution in [0.4, 0.5) is 0 Å². The lowest BCUT2D eigenvalue weighted by Crippen LogP contribution is -1.85. The number of rotatable bonds is 2. The van der Waals surface area contributed by atoms with Gasteiger partial charge in [-0.25, -0.2) is 0 Å². The van der Waals surface area contributed by atoms with Crippen LogP contribution in [0.25, 0.3) is 0 Å². The van der Waals surface area contributed by atoms with Crippen molar-refractivity contribution in [3.63, 3.8) is 0 Å². The van der Waals surface area contributed by atoms with Crippen molar-refractivity contribution < 1.29 is 0 Å². The minimum absolute atomic E-state index is 0.532. The minimum Gasteiger partial charge on any atom is -0.185 e. The average Bonchev–Trinajstić information content (AvgIpc) is 2.22. The zero-order valence-electron chi connectivity index (χ0n) is 9.24. The number of nitriles is 1. The summed E-state index contributed by atoms with van der Waals surface area (Å²) in [4.78, 5) is 1.03. The van der Waals surface area contributed by atoms with Gasteiger partial charge < -0.3 is 0 Å². The van der Waals surface area contributed by atoms with Gasteiger partial charge in [-0.05, 0) is 35.4 Å². The topological polar surface area (TPSA) is 23.8 Å². The lowest BCUT2D eigenvalue weighted by atomic mass is 10.0. The molecule has 0 heterocycles. The average molecular weight is 207 g/mol. The summed E-state index contributed by atoms with van der Waals surface area (Å²) in [5.74, 6) is 0.532. The van der Waals surface area contributed by atoms with E-state index in [2.05, 4.69) is 31.4 Å². The van der Waals surface area contributed by atoms with Gasteiger partial charge in [0.25, 0.3) is 0 Å². The van der Waals surface area contributed by atoms with E-state index in [4.69, 9.17) is 5.26 Å². The molecule has 1 rings (SSSR count). The van der Waals surface area contributed by atoms with Crippen molar-refractivity contribution in [3.05, 3.63) is 29.8 Å². The highest BCUT2D eigenvalue weighted by Crippen LogP contribution is 2.21. The summed E-state index contributed by atoms with van der Waals surface area (Å²) < 4.78 is 0. The Bertz CT molecular complexity index is 299. The Balaban J connectivity index is 0.000000791. The van der Waals surface area contributed by atoms with Crippen LogP contribution in [0.2, 0.25) is 0 Å². The van der Waals surface area contributed by atoms with E-state index in [1.165, 1.54) is 17.3 Å². The van der Waals surface area contributed by atoms with E-state index in [1.54, 1.807) is 0 Å². The number of hydrogen-bond donors (Lipinski definition) is 0. The van der Waals surface area contributed by atoms with Gasteiger partial charge in [-0.15, -0.1) is 0 Å². The van der Waals surface area contributed by atoms with Crippen molar-refractivity contribution >= 4 is 11.8 Å². The van der Waals surface area contributed by atoms with Gasteiger partial charge in [-0.2, -0.15) is 5.26 Å². The van der Waals surface area contributed by atoms with Gasteiger partial charge in [-0.3, -0.25) is 0 Å². The van der Waals surface area contributed by atoms with Crippen molar-refractivity contribution in [2.75, 3.05) is 0 Å². The zero-order valence-corrected chi connectivity index (χ0v) is 10.1. The van der Waals surface area contributed by atoms with Gasteiger partial charge >= 0.3 is 0 Å². The lowest BCUT2D eigenvalue weighted by molar-refractivity contribution is 0.862. The molecule has 76 valence electrons. The standard InChI is InChI=1S/C10H11NS.C2H6/c1-8(2)9-4-3-5-10(6-9)12-7-11;1-2/h3-6,8H,1-2H3;1-2H3. The monoisotopic (exact) mass is 207 g/mol. The highest BCUT2D eigenvalue weighted by molar-refractivity contribution is 8.03. The van der Waals surface area contributed by atoms with Crippen molar-refractivity contribution in [1.82, 2.24) is 0 Å². The van der Waals surface area contributed by atoms with Crippen molar-refractivity contribution in [2.45, 2.75) is 38.5 Å². The zero-order chi connectivity index (χ0) is 11.0. The molecule has 0 bridgehead atoms. The third-order valence-corrected chi connectivity index (χ3v) is 2.27. The molecular weight excluding hydrogens is 190 g/mol. The molecule has 1 aromatic carbocycles. The molecule has 0 N–H and O–H groups in total. The number of nitrogens with zero attached hydrogens (tertiary/aromatic N) is 1. The summed E-state index contributed by atoms with van der Waals surface area (Å²) in [6, 6.07) is 8.11. The van der Waals surface area contributed by atoms with Gasteiger partial charge in [0.1, 0.15) is 5.40 Å². The van der Waals surface area contributed by atoms with Crippen molar-refractivity contribution in [1.29, 1.82) is 5.26 Å². The second kappa shape index (κ2) is 7.46. The maximum atomic E-state index is 8.46. The molecule has 0 aliphatic carbocycles. The smallest absolute Gasteiger partial charge is 0.138 e. The molecular formula is C12H17NS. The molecule has 0 saturated heterocycles. The van der Waals surface area contributed by atoms with E-state index >= 15 is 0 Å². The molecule has 0 aromatic heterocycles. The molecule has 0 aliphatic rings. The van der Waals surface area contributed by atoms with Gasteiger partial charge in [-0.1, -0.05) is 39.8 Å². The molecule has 0 saturated carbocycles. The first-order valence-electron chi connectivity index (χ1n) is 4.90.